The minimum atomic E-state index is -3.19. The number of ether oxygens (including phenoxy) is 19. The Morgan fingerprint density at radius 2 is 0.369 bits per heavy atom. The van der Waals surface area contributed by atoms with Gasteiger partial charge in [-0.3, -0.25) is 0 Å². The monoisotopic (exact) mass is 1640 g/mol. The van der Waals surface area contributed by atoms with E-state index in [0.29, 0.717) is 0 Å². The molecule has 32 N–H and O–H groups in total. The van der Waals surface area contributed by atoms with Crippen molar-refractivity contribution >= 4 is 0 Å². The van der Waals surface area contributed by atoms with Crippen LogP contribution in [-0.2, 0) is 90.0 Å². The Kier molecular flexibility index (Phi) is 29.4. The highest BCUT2D eigenvalue weighted by Gasteiger charge is 2.70. The largest absolute Gasteiger partial charge is 0.394 e. The average Bonchev–Trinajstić information content (AvgIpc) is 1.61. The molecule has 0 aliphatic carbocycles. The highest BCUT2D eigenvalue weighted by atomic mass is 16.9. The maximum absolute atomic E-state index is 12.0. The van der Waals surface area contributed by atoms with Gasteiger partial charge in [0.15, 0.2) is 6.29 Å². The van der Waals surface area contributed by atoms with Crippen LogP contribution in [0.1, 0.15) is 0 Å². The van der Waals surface area contributed by atoms with Gasteiger partial charge in [0.1, 0.15) is 249 Å². The third-order valence-corrected chi connectivity index (χ3v) is 21.7. The molecule has 10 heterocycles. The van der Waals surface area contributed by atoms with E-state index in [1.807, 2.05) is 0 Å². The molecule has 111 heavy (non-hydrogen) atoms. The lowest BCUT2D eigenvalue weighted by Crippen LogP contribution is -2.63. The van der Waals surface area contributed by atoms with E-state index in [1.165, 1.54) is 0 Å². The van der Waals surface area contributed by atoms with E-state index in [4.69, 9.17) is 90.0 Å². The van der Waals surface area contributed by atoms with Crippen LogP contribution in [0.25, 0.3) is 0 Å². The zero-order valence-corrected chi connectivity index (χ0v) is 58.5. The molecule has 41 unspecified atom stereocenters. The van der Waals surface area contributed by atoms with E-state index in [0.717, 1.165) is 0 Å². The first-order chi connectivity index (χ1) is 52.4. The molecular weight excluding hydrogens is 1540 g/mol. The lowest BCUT2D eigenvalue weighted by Gasteiger charge is -2.44. The van der Waals surface area contributed by atoms with Gasteiger partial charge in [0.25, 0.3) is 0 Å². The fraction of sp³-hybridized carbons (Fsp3) is 1.00. The molecule has 10 fully saturated rings. The Balaban J connectivity index is 0.937. The van der Waals surface area contributed by atoms with Crippen LogP contribution < -0.4 is 0 Å². The van der Waals surface area contributed by atoms with Crippen molar-refractivity contribution in [2.24, 2.45) is 0 Å². The number of aliphatic hydroxyl groups is 32. The summed E-state index contributed by atoms with van der Waals surface area (Å²) in [7, 11) is 0. The van der Waals surface area contributed by atoms with Crippen LogP contribution >= 0.6 is 0 Å². The van der Waals surface area contributed by atoms with Crippen molar-refractivity contribution < 1.29 is 253 Å². The Morgan fingerprint density at radius 1 is 0.189 bits per heavy atom. The van der Waals surface area contributed by atoms with E-state index in [2.05, 4.69) is 0 Å². The van der Waals surface area contributed by atoms with Gasteiger partial charge in [-0.1, -0.05) is 0 Å². The molecule has 10 aliphatic heterocycles. The second-order valence-corrected chi connectivity index (χ2v) is 28.6. The van der Waals surface area contributed by atoms with Gasteiger partial charge in [-0.2, -0.15) is 0 Å². The van der Waals surface area contributed by atoms with Gasteiger partial charge in [-0.25, -0.2) is 0 Å². The molecule has 10 rings (SSSR count). The van der Waals surface area contributed by atoms with Crippen molar-refractivity contribution in [1.29, 1.82) is 0 Å². The Labute approximate surface area is 625 Å². The number of rotatable bonds is 37. The smallest absolute Gasteiger partial charge is 0.224 e. The summed E-state index contributed by atoms with van der Waals surface area (Å²) in [6.45, 7) is -24.4. The molecule has 0 aromatic rings. The highest BCUT2D eigenvalue weighted by molar-refractivity contribution is 5.09. The topological polar surface area (TPSA) is 823 Å². The quantitative estimate of drug-likeness (QED) is 0.0275. The summed E-state index contributed by atoms with van der Waals surface area (Å²) in [6, 6.07) is 0. The first-order valence-electron chi connectivity index (χ1n) is 34.9. The van der Waals surface area contributed by atoms with Crippen LogP contribution in [0.4, 0.5) is 0 Å². The molecule has 51 nitrogen and oxygen atoms in total. The Morgan fingerprint density at radius 3 is 0.577 bits per heavy atom. The maximum atomic E-state index is 12.0. The molecule has 0 bridgehead atoms. The summed E-state index contributed by atoms with van der Waals surface area (Å²) in [5.41, 5.74) is 0. The SMILES string of the molecule is OCC1OC(CO)(OCC2(OCC3(OCC4(OCC5(OCC6(OCC7(OCC8(OCC9OC(OC%10(CO)OC(CO)C(O)C%10O)C(O)C(O)C9O)OC(CO)C(O)C8O)OC(CO)C(O)C7O)OC(CO)C(O)C6O)OC(CO)C(O)C5O)OC(CO)C(O)C4O)OC(CO)C(O)C3O)OC(CO)C(O)C2O)C(O)C1O. The van der Waals surface area contributed by atoms with Gasteiger partial charge >= 0.3 is 0 Å². The van der Waals surface area contributed by atoms with Crippen LogP contribution in [0.5, 0.6) is 0 Å². The molecule has 648 valence electrons. The first kappa shape index (κ1) is 91.3. The van der Waals surface area contributed by atoms with Gasteiger partial charge in [-0.15, -0.1) is 0 Å². The molecule has 0 spiro atoms. The van der Waals surface area contributed by atoms with E-state index >= 15 is 0 Å². The highest BCUT2D eigenvalue weighted by Crippen LogP contribution is 2.48. The van der Waals surface area contributed by atoms with Gasteiger partial charge in [0, 0.05) is 0 Å². The van der Waals surface area contributed by atoms with Crippen molar-refractivity contribution in [1.82, 2.24) is 0 Å². The summed E-state index contributed by atoms with van der Waals surface area (Å²) < 4.78 is 111. The molecule has 0 saturated carbocycles. The second kappa shape index (κ2) is 35.7. The Hall–Kier alpha value is -2.04. The molecule has 0 aromatic carbocycles. The average molecular weight is 1640 g/mol. The summed E-state index contributed by atoms with van der Waals surface area (Å²) >= 11 is 0. The van der Waals surface area contributed by atoms with Gasteiger partial charge in [0.2, 0.25) is 52.1 Å². The lowest BCUT2D eigenvalue weighted by atomic mass is 9.98. The van der Waals surface area contributed by atoms with E-state index < -0.39 is 373 Å². The minimum absolute atomic E-state index is 0.949. The van der Waals surface area contributed by atoms with Crippen LogP contribution in [0, 0.1) is 0 Å². The lowest BCUT2D eigenvalue weighted by molar-refractivity contribution is -0.397. The number of aliphatic hydroxyl groups excluding tert-OH is 32. The third-order valence-electron chi connectivity index (χ3n) is 21.7. The molecule has 10 aliphatic rings. The second-order valence-electron chi connectivity index (χ2n) is 28.6. The van der Waals surface area contributed by atoms with Crippen LogP contribution in [0.2, 0.25) is 0 Å². The fourth-order valence-corrected chi connectivity index (χ4v) is 14.7. The molecule has 0 radical (unpaired) electrons. The van der Waals surface area contributed by atoms with Crippen molar-refractivity contribution in [2.75, 3.05) is 126 Å². The normalized spacial score (nSPS) is 52.8. The molecule has 41 atom stereocenters. The van der Waals surface area contributed by atoms with E-state index in [9.17, 15) is 163 Å². The zero-order chi connectivity index (χ0) is 81.8. The van der Waals surface area contributed by atoms with Crippen LogP contribution in [0.3, 0.4) is 0 Å². The van der Waals surface area contributed by atoms with Crippen molar-refractivity contribution in [3.63, 3.8) is 0 Å². The summed E-state index contributed by atoms with van der Waals surface area (Å²) in [5.74, 6) is -27.0. The zero-order valence-electron chi connectivity index (χ0n) is 58.5. The predicted octanol–water partition coefficient (Wildman–Crippen LogP) is -22.8. The van der Waals surface area contributed by atoms with Crippen LogP contribution in [-0.4, -0.2) is 537 Å². The molecule has 0 aromatic heterocycles. The summed E-state index contributed by atoms with van der Waals surface area (Å²) in [6.07, 6.45) is -69.1. The number of hydrogen-bond donors (Lipinski definition) is 32. The predicted molar refractivity (Wildman–Crippen MR) is 330 cm³/mol. The van der Waals surface area contributed by atoms with Crippen molar-refractivity contribution in [3.8, 4) is 0 Å². The van der Waals surface area contributed by atoms with E-state index in [1.54, 1.807) is 0 Å². The number of hydrogen-bond acceptors (Lipinski definition) is 51. The molecular formula is C60H102O51. The van der Waals surface area contributed by atoms with Gasteiger partial charge < -0.3 is 253 Å². The molecule has 10 saturated heterocycles. The standard InChI is InChI=1S/C60H102O51/c61-1-20-31(73)42(84)52(11-70,102-20)94-14-55(45(87)34(76)23(4-64)105-55)96-16-57(47(89)36(78)25(6-66)107-57)98-18-59(49(91)38(80)27(8-68)109-59)100-19-60(50(92)39(81)28(9-69)110-60)99-17-58(48(90)37(79)26(7-67)108-58)97-15-56(46(88)35(77)24(5-65)106-56)95-13-54(44(86)33(75)22(3-63)104-54)93-10-29-30(72)40(82)41(83)51(101-29)111-53(12-71)43(85)32(74)21(2-62)103-53/h20-51,61-92H,1-19H2. The minimum Gasteiger partial charge on any atom is -0.394 e. The van der Waals surface area contributed by atoms with E-state index in [-0.39, 0.29) is 0 Å². The maximum Gasteiger partial charge on any atom is 0.224 e. The first-order valence-corrected chi connectivity index (χ1v) is 34.9. The molecule has 0 amide bonds. The Bertz CT molecular complexity index is 2950. The van der Waals surface area contributed by atoms with Crippen LogP contribution in [0.15, 0.2) is 0 Å². The van der Waals surface area contributed by atoms with Crippen molar-refractivity contribution in [2.45, 2.75) is 248 Å². The molecule has 51 heteroatoms. The van der Waals surface area contributed by atoms with Gasteiger partial charge in [-0.05, 0) is 0 Å². The van der Waals surface area contributed by atoms with Gasteiger partial charge in [0.05, 0.1) is 66.1 Å². The fourth-order valence-electron chi connectivity index (χ4n) is 14.7. The third kappa shape index (κ3) is 16.3. The summed E-state index contributed by atoms with van der Waals surface area (Å²) in [5, 5.41) is 351. The van der Waals surface area contributed by atoms with Crippen molar-refractivity contribution in [3.05, 3.63) is 0 Å². The summed E-state index contributed by atoms with van der Waals surface area (Å²) in [4.78, 5) is 0.